The van der Waals surface area contributed by atoms with Crippen LogP contribution in [0.15, 0.2) is 67.6 Å². The molecule has 0 radical (unpaired) electrons. The van der Waals surface area contributed by atoms with E-state index in [1.165, 1.54) is 24.6 Å². The van der Waals surface area contributed by atoms with Crippen molar-refractivity contribution in [2.45, 2.75) is 6.42 Å². The van der Waals surface area contributed by atoms with Crippen LogP contribution >= 0.6 is 0 Å². The van der Waals surface area contributed by atoms with Crippen molar-refractivity contribution in [1.82, 2.24) is 30.2 Å². The van der Waals surface area contributed by atoms with Crippen molar-refractivity contribution >= 4 is 10.9 Å². The van der Waals surface area contributed by atoms with Gasteiger partial charge in [0.05, 0.1) is 29.2 Å². The van der Waals surface area contributed by atoms with E-state index in [0.29, 0.717) is 22.4 Å². The van der Waals surface area contributed by atoms with Crippen molar-refractivity contribution < 1.29 is 9.05 Å². The largest absolute Gasteiger partial charge is 0.364 e. The smallest absolute Gasteiger partial charge is 0.258 e. The first-order valence-corrected chi connectivity index (χ1v) is 8.60. The average Bonchev–Trinajstić information content (AvgIpc) is 3.40. The Balaban J connectivity index is 1.46. The molecule has 0 saturated carbocycles. The fraction of sp³-hybridized carbons (Fsp3) is 0.0526. The second-order valence-electron chi connectivity index (χ2n) is 6.28. The zero-order valence-electron chi connectivity index (χ0n) is 14.7. The zero-order chi connectivity index (χ0) is 19.8. The van der Waals surface area contributed by atoms with Gasteiger partial charge in [-0.25, -0.2) is 4.98 Å². The summed E-state index contributed by atoms with van der Waals surface area (Å²) >= 11 is 0. The van der Waals surface area contributed by atoms with Gasteiger partial charge in [-0.05, 0) is 17.7 Å². The molecule has 5 aromatic rings. The molecule has 0 saturated heterocycles. The van der Waals surface area contributed by atoms with E-state index in [1.807, 2.05) is 6.07 Å². The van der Waals surface area contributed by atoms with E-state index in [0.717, 1.165) is 11.1 Å². The number of nitrogens with zero attached hydrogens (tertiary/aromatic N) is 4. The molecule has 4 aromatic heterocycles. The second kappa shape index (κ2) is 6.68. The minimum absolute atomic E-state index is 0.142. The normalized spacial score (nSPS) is 11.2. The summed E-state index contributed by atoms with van der Waals surface area (Å²) in [7, 11) is 0. The maximum absolute atomic E-state index is 12.5. The number of hydrogen-bond donors (Lipinski definition) is 2. The number of hydrogen-bond acceptors (Lipinski definition) is 8. The molecule has 29 heavy (non-hydrogen) atoms. The molecule has 142 valence electrons. The predicted octanol–water partition coefficient (Wildman–Crippen LogP) is 1.91. The van der Waals surface area contributed by atoms with Crippen LogP contribution in [-0.4, -0.2) is 30.2 Å². The number of pyridine rings is 1. The first-order valence-electron chi connectivity index (χ1n) is 8.60. The van der Waals surface area contributed by atoms with E-state index in [1.54, 1.807) is 18.3 Å². The quantitative estimate of drug-likeness (QED) is 0.475. The number of aromatic nitrogens is 6. The Hall–Kier alpha value is -4.34. The van der Waals surface area contributed by atoms with E-state index in [9.17, 15) is 9.59 Å². The molecular formula is C19H12N6O4. The first kappa shape index (κ1) is 16.8. The van der Waals surface area contributed by atoms with Crippen molar-refractivity contribution in [1.29, 1.82) is 0 Å². The molecular weight excluding hydrogens is 376 g/mol. The Morgan fingerprint density at radius 3 is 2.79 bits per heavy atom. The van der Waals surface area contributed by atoms with Crippen LogP contribution in [0.4, 0.5) is 0 Å². The summed E-state index contributed by atoms with van der Waals surface area (Å²) in [5, 5.41) is 7.97. The average molecular weight is 388 g/mol. The van der Waals surface area contributed by atoms with Gasteiger partial charge in [0.2, 0.25) is 11.7 Å². The number of rotatable bonds is 4. The van der Waals surface area contributed by atoms with Gasteiger partial charge in [-0.1, -0.05) is 16.4 Å². The molecule has 0 spiro atoms. The summed E-state index contributed by atoms with van der Waals surface area (Å²) in [4.78, 5) is 38.3. The lowest BCUT2D eigenvalue weighted by Gasteiger charge is -2.03. The van der Waals surface area contributed by atoms with E-state index in [4.69, 9.17) is 9.05 Å². The van der Waals surface area contributed by atoms with Gasteiger partial charge in [-0.3, -0.25) is 9.59 Å². The van der Waals surface area contributed by atoms with Crippen LogP contribution < -0.4 is 11.0 Å². The lowest BCUT2D eigenvalue weighted by Crippen LogP contribution is -2.12. The van der Waals surface area contributed by atoms with Gasteiger partial charge in [0.1, 0.15) is 12.1 Å². The van der Waals surface area contributed by atoms with Crippen LogP contribution in [0.3, 0.4) is 0 Å². The Kier molecular flexibility index (Phi) is 3.87. The maximum atomic E-state index is 12.5. The lowest BCUT2D eigenvalue weighted by molar-refractivity contribution is 0.384. The van der Waals surface area contributed by atoms with E-state index in [-0.39, 0.29) is 29.1 Å². The number of fused-ring (bicyclic) bond motifs is 1. The number of benzene rings is 1. The van der Waals surface area contributed by atoms with Gasteiger partial charge in [0.15, 0.2) is 5.43 Å². The minimum Gasteiger partial charge on any atom is -0.364 e. The van der Waals surface area contributed by atoms with E-state index < -0.39 is 0 Å². The molecule has 2 N–H and O–H groups in total. The highest BCUT2D eigenvalue weighted by molar-refractivity contribution is 5.83. The van der Waals surface area contributed by atoms with Gasteiger partial charge in [-0.15, -0.1) is 0 Å². The minimum atomic E-state index is -0.282. The molecule has 10 nitrogen and oxygen atoms in total. The summed E-state index contributed by atoms with van der Waals surface area (Å²) in [5.74, 6) is 0.893. The summed E-state index contributed by atoms with van der Waals surface area (Å²) in [6, 6.07) is 8.08. The lowest BCUT2D eigenvalue weighted by atomic mass is 10.1. The molecule has 0 bridgehead atoms. The van der Waals surface area contributed by atoms with Gasteiger partial charge in [0, 0.05) is 23.9 Å². The molecule has 5 rings (SSSR count). The number of aromatic amines is 2. The summed E-state index contributed by atoms with van der Waals surface area (Å²) < 4.78 is 10.1. The SMILES string of the molecule is O=c1cc[nH]c(-c2noc(Cc3nc4ccc(-c5cnoc5)cc4c(=O)[nH]3)n2)c1. The Morgan fingerprint density at radius 2 is 1.97 bits per heavy atom. The van der Waals surface area contributed by atoms with Crippen molar-refractivity contribution in [2.24, 2.45) is 0 Å². The Labute approximate surface area is 161 Å². The fourth-order valence-corrected chi connectivity index (χ4v) is 2.95. The molecule has 1 aromatic carbocycles. The molecule has 0 aliphatic carbocycles. The van der Waals surface area contributed by atoms with Crippen molar-refractivity contribution in [3.05, 3.63) is 81.3 Å². The van der Waals surface area contributed by atoms with E-state index >= 15 is 0 Å². The number of H-pyrrole nitrogens is 2. The topological polar surface area (TPSA) is 144 Å². The third kappa shape index (κ3) is 3.23. The van der Waals surface area contributed by atoms with E-state index in [2.05, 4.69) is 30.2 Å². The molecule has 0 aliphatic heterocycles. The fourth-order valence-electron chi connectivity index (χ4n) is 2.95. The monoisotopic (exact) mass is 388 g/mol. The first-order chi connectivity index (χ1) is 14.2. The summed E-state index contributed by atoms with van der Waals surface area (Å²) in [6.45, 7) is 0. The standard InChI is InChI=1S/C19H12N6O4/c26-12-3-4-20-15(6-12)18-24-17(29-25-18)7-16-22-14-2-1-10(11-8-21-28-9-11)5-13(14)19(27)23-16/h1-6,8-9H,7H2,(H,20,26)(H,22,23,27). The van der Waals surface area contributed by atoms with Crippen molar-refractivity contribution in [3.8, 4) is 22.6 Å². The van der Waals surface area contributed by atoms with Crippen LogP contribution in [0.2, 0.25) is 0 Å². The van der Waals surface area contributed by atoms with Crippen LogP contribution in [0.25, 0.3) is 33.5 Å². The molecule has 10 heteroatoms. The van der Waals surface area contributed by atoms with Gasteiger partial charge in [-0.2, -0.15) is 4.98 Å². The highest BCUT2D eigenvalue weighted by atomic mass is 16.5. The second-order valence-corrected chi connectivity index (χ2v) is 6.28. The van der Waals surface area contributed by atoms with Crippen LogP contribution in [0.5, 0.6) is 0 Å². The van der Waals surface area contributed by atoms with Gasteiger partial charge >= 0.3 is 0 Å². The summed E-state index contributed by atoms with van der Waals surface area (Å²) in [5.41, 5.74) is 2.10. The Morgan fingerprint density at radius 1 is 1.03 bits per heavy atom. The third-order valence-corrected chi connectivity index (χ3v) is 4.32. The van der Waals surface area contributed by atoms with Crippen LogP contribution in [0, 0.1) is 0 Å². The third-order valence-electron chi connectivity index (χ3n) is 4.32. The molecule has 0 unspecified atom stereocenters. The van der Waals surface area contributed by atoms with Crippen molar-refractivity contribution in [2.75, 3.05) is 0 Å². The van der Waals surface area contributed by atoms with Crippen LogP contribution in [0.1, 0.15) is 11.7 Å². The number of nitrogens with one attached hydrogen (secondary N) is 2. The Bertz CT molecular complexity index is 1430. The van der Waals surface area contributed by atoms with Gasteiger partial charge < -0.3 is 19.0 Å². The van der Waals surface area contributed by atoms with Crippen LogP contribution in [-0.2, 0) is 6.42 Å². The molecule has 0 amide bonds. The highest BCUT2D eigenvalue weighted by Crippen LogP contribution is 2.22. The molecule has 0 atom stereocenters. The molecule has 0 fully saturated rings. The maximum Gasteiger partial charge on any atom is 0.258 e. The van der Waals surface area contributed by atoms with Gasteiger partial charge in [0.25, 0.3) is 5.56 Å². The summed E-state index contributed by atoms with van der Waals surface area (Å²) in [6.07, 6.45) is 4.72. The zero-order valence-corrected chi connectivity index (χ0v) is 14.7. The molecule has 4 heterocycles. The predicted molar refractivity (Wildman–Crippen MR) is 101 cm³/mol. The van der Waals surface area contributed by atoms with Crippen molar-refractivity contribution in [3.63, 3.8) is 0 Å². The molecule has 0 aliphatic rings. The highest BCUT2D eigenvalue weighted by Gasteiger charge is 2.13.